The minimum atomic E-state index is -1.73. The number of fused-ring (bicyclic) bond motifs is 3. The number of para-hydroxylation sites is 1. The number of esters is 1. The van der Waals surface area contributed by atoms with Crippen molar-refractivity contribution in [1.82, 2.24) is 0 Å². The number of Topliss-reactive ketones (excluding diaryl/α,β-unsaturated/α-hetero) is 1. The number of nitriles is 1. The highest BCUT2D eigenvalue weighted by atomic mass is 19.1. The van der Waals surface area contributed by atoms with Crippen molar-refractivity contribution >= 4 is 23.5 Å². The first-order valence-electron chi connectivity index (χ1n) is 11.5. The predicted octanol–water partition coefficient (Wildman–Crippen LogP) is 5.15. The summed E-state index contributed by atoms with van der Waals surface area (Å²) in [7, 11) is 0. The van der Waals surface area contributed by atoms with E-state index in [1.165, 1.54) is 12.1 Å². The van der Waals surface area contributed by atoms with Crippen LogP contribution >= 0.6 is 0 Å². The van der Waals surface area contributed by atoms with Gasteiger partial charge in [0.15, 0.2) is 11.2 Å². The molecule has 0 spiro atoms. The average molecular weight is 467 g/mol. The second-order valence-corrected chi connectivity index (χ2v) is 8.68. The molecule has 1 fully saturated rings. The smallest absolute Gasteiger partial charge is 0.329 e. The van der Waals surface area contributed by atoms with E-state index < -0.39 is 35.2 Å². The monoisotopic (exact) mass is 466 g/mol. The molecule has 0 aliphatic carbocycles. The summed E-state index contributed by atoms with van der Waals surface area (Å²) in [5, 5.41) is 10.7. The highest BCUT2D eigenvalue weighted by molar-refractivity contribution is 6.06. The summed E-state index contributed by atoms with van der Waals surface area (Å²) in [6.45, 7) is 1.77. The number of hydrogen-bond donors (Lipinski definition) is 0. The third-order valence-corrected chi connectivity index (χ3v) is 6.90. The van der Waals surface area contributed by atoms with Crippen LogP contribution in [0.1, 0.15) is 34.3 Å². The van der Waals surface area contributed by atoms with Crippen molar-refractivity contribution in [3.8, 4) is 6.07 Å². The fourth-order valence-electron chi connectivity index (χ4n) is 5.43. The fraction of sp³-hybridized carbons (Fsp3) is 0.207. The molecule has 5 nitrogen and oxygen atoms in total. The van der Waals surface area contributed by atoms with Crippen molar-refractivity contribution in [2.75, 3.05) is 11.5 Å². The molecule has 0 unspecified atom stereocenters. The minimum absolute atomic E-state index is 0.0860. The van der Waals surface area contributed by atoms with Crippen molar-refractivity contribution in [2.24, 2.45) is 5.41 Å². The van der Waals surface area contributed by atoms with Gasteiger partial charge < -0.3 is 9.64 Å². The molecule has 2 aliphatic heterocycles. The number of hydrogen-bond acceptors (Lipinski definition) is 5. The lowest BCUT2D eigenvalue weighted by molar-refractivity contribution is -0.152. The van der Waals surface area contributed by atoms with Gasteiger partial charge in [0, 0.05) is 17.2 Å². The standard InChI is InChI=1S/C29H23FN2O3/c1-2-35-28(34)29(18-31)24-17-14-19-8-6-7-11-23(19)32(24)26(27(33)21-9-4-3-5-10-21)25(29)20-12-15-22(30)16-13-20/h3-17,24-26H,2H2,1H3/t24-,25-,26-,29-/m0/s1. The molecule has 0 N–H and O–H groups in total. The highest BCUT2D eigenvalue weighted by Gasteiger charge is 2.67. The summed E-state index contributed by atoms with van der Waals surface area (Å²) in [4.78, 5) is 29.6. The van der Waals surface area contributed by atoms with Gasteiger partial charge in [0.2, 0.25) is 0 Å². The SMILES string of the molecule is CCOC(=O)[C@@]1(C#N)[C@@H]2C=Cc3ccccc3N2[C@H](C(=O)c2ccccc2)[C@@H]1c1ccc(F)cc1. The number of carbonyl (C=O) groups excluding carboxylic acids is 2. The summed E-state index contributed by atoms with van der Waals surface area (Å²) in [5.74, 6) is -2.27. The second-order valence-electron chi connectivity index (χ2n) is 8.68. The van der Waals surface area contributed by atoms with Crippen LogP contribution in [-0.4, -0.2) is 30.4 Å². The molecule has 0 amide bonds. The van der Waals surface area contributed by atoms with Crippen molar-refractivity contribution in [2.45, 2.75) is 24.9 Å². The molecule has 2 heterocycles. The summed E-state index contributed by atoms with van der Waals surface area (Å²) in [5.41, 5.74) is 0.893. The zero-order valence-electron chi connectivity index (χ0n) is 19.1. The van der Waals surface area contributed by atoms with Gasteiger partial charge in [-0.15, -0.1) is 0 Å². The molecule has 0 aromatic heterocycles. The Labute approximate surface area is 203 Å². The Bertz CT molecular complexity index is 1350. The van der Waals surface area contributed by atoms with Gasteiger partial charge in [0.25, 0.3) is 0 Å². The van der Waals surface area contributed by atoms with Crippen molar-refractivity contribution in [3.63, 3.8) is 0 Å². The van der Waals surface area contributed by atoms with Crippen molar-refractivity contribution in [1.29, 1.82) is 5.26 Å². The van der Waals surface area contributed by atoms with Gasteiger partial charge in [0.1, 0.15) is 11.9 Å². The molecular formula is C29H23FN2O3. The Hall–Kier alpha value is -4.24. The van der Waals surface area contributed by atoms with Crippen LogP contribution in [0.2, 0.25) is 0 Å². The topological polar surface area (TPSA) is 70.4 Å². The van der Waals surface area contributed by atoms with Crippen LogP contribution in [0.5, 0.6) is 0 Å². The summed E-state index contributed by atoms with van der Waals surface area (Å²) in [6.07, 6.45) is 3.68. The maximum atomic E-state index is 14.1. The van der Waals surface area contributed by atoms with Gasteiger partial charge in [-0.1, -0.05) is 72.8 Å². The Balaban J connectivity index is 1.81. The number of anilines is 1. The van der Waals surface area contributed by atoms with Crippen molar-refractivity contribution in [3.05, 3.63) is 107 Å². The molecule has 4 atom stereocenters. The lowest BCUT2D eigenvalue weighted by Gasteiger charge is -2.36. The van der Waals surface area contributed by atoms with Crippen LogP contribution in [-0.2, 0) is 9.53 Å². The Morgan fingerprint density at radius 1 is 1.03 bits per heavy atom. The van der Waals surface area contributed by atoms with E-state index in [4.69, 9.17) is 4.74 Å². The number of ketones is 1. The minimum Gasteiger partial charge on any atom is -0.465 e. The van der Waals surface area contributed by atoms with Crippen molar-refractivity contribution < 1.29 is 18.7 Å². The van der Waals surface area contributed by atoms with E-state index in [0.29, 0.717) is 11.1 Å². The largest absolute Gasteiger partial charge is 0.465 e. The van der Waals surface area contributed by atoms with E-state index in [1.807, 2.05) is 41.3 Å². The molecule has 174 valence electrons. The quantitative estimate of drug-likeness (QED) is 0.384. The molecule has 3 aromatic rings. The van der Waals surface area contributed by atoms with E-state index >= 15 is 0 Å². The molecule has 3 aromatic carbocycles. The first-order valence-corrected chi connectivity index (χ1v) is 11.5. The summed E-state index contributed by atoms with van der Waals surface area (Å²) in [6, 6.07) is 22.7. The van der Waals surface area contributed by atoms with E-state index in [-0.39, 0.29) is 12.4 Å². The molecule has 0 radical (unpaired) electrons. The van der Waals surface area contributed by atoms with Crippen LogP contribution < -0.4 is 4.90 Å². The summed E-state index contributed by atoms with van der Waals surface area (Å²) >= 11 is 0. The van der Waals surface area contributed by atoms with Crippen LogP contribution in [0, 0.1) is 22.6 Å². The fourth-order valence-corrected chi connectivity index (χ4v) is 5.43. The van der Waals surface area contributed by atoms with E-state index in [0.717, 1.165) is 11.3 Å². The van der Waals surface area contributed by atoms with Crippen LogP contribution in [0.4, 0.5) is 10.1 Å². The summed E-state index contributed by atoms with van der Waals surface area (Å²) < 4.78 is 19.4. The van der Waals surface area contributed by atoms with Crippen LogP contribution in [0.25, 0.3) is 6.08 Å². The normalized spacial score (nSPS) is 24.3. The molecule has 5 rings (SSSR count). The van der Waals surface area contributed by atoms with E-state index in [1.54, 1.807) is 49.4 Å². The van der Waals surface area contributed by atoms with Gasteiger partial charge in [-0.3, -0.25) is 9.59 Å². The number of halogens is 1. The van der Waals surface area contributed by atoms with Crippen LogP contribution in [0.3, 0.4) is 0 Å². The number of nitrogens with zero attached hydrogens (tertiary/aromatic N) is 2. The number of benzene rings is 3. The Kier molecular flexibility index (Phi) is 5.70. The highest BCUT2D eigenvalue weighted by Crippen LogP contribution is 2.56. The number of carbonyl (C=O) groups is 2. The first kappa shape index (κ1) is 22.5. The molecule has 1 saturated heterocycles. The lowest BCUT2D eigenvalue weighted by Crippen LogP contribution is -2.47. The lowest BCUT2D eigenvalue weighted by atomic mass is 9.68. The predicted molar refractivity (Wildman–Crippen MR) is 130 cm³/mol. The van der Waals surface area contributed by atoms with Crippen LogP contribution in [0.15, 0.2) is 84.9 Å². The molecule has 6 heteroatoms. The van der Waals surface area contributed by atoms with Gasteiger partial charge in [0.05, 0.1) is 18.7 Å². The third-order valence-electron chi connectivity index (χ3n) is 6.90. The third kappa shape index (κ3) is 3.43. The zero-order chi connectivity index (χ0) is 24.6. The Morgan fingerprint density at radius 2 is 1.71 bits per heavy atom. The van der Waals surface area contributed by atoms with Gasteiger partial charge in [-0.25, -0.2) is 4.39 Å². The van der Waals surface area contributed by atoms with E-state index in [9.17, 15) is 19.2 Å². The number of rotatable bonds is 5. The molecule has 0 saturated carbocycles. The molecule has 0 bridgehead atoms. The maximum absolute atomic E-state index is 14.1. The zero-order valence-corrected chi connectivity index (χ0v) is 19.1. The average Bonchev–Trinajstić information content (AvgIpc) is 3.21. The van der Waals surface area contributed by atoms with Gasteiger partial charge in [-0.2, -0.15) is 5.26 Å². The molecule has 35 heavy (non-hydrogen) atoms. The first-order chi connectivity index (χ1) is 17.0. The second kappa shape index (κ2) is 8.84. The number of ether oxygens (including phenoxy) is 1. The molecular weight excluding hydrogens is 443 g/mol. The Morgan fingerprint density at radius 3 is 2.40 bits per heavy atom. The maximum Gasteiger partial charge on any atom is 0.329 e. The van der Waals surface area contributed by atoms with Gasteiger partial charge in [-0.05, 0) is 36.2 Å². The molecule has 2 aliphatic rings. The van der Waals surface area contributed by atoms with Gasteiger partial charge >= 0.3 is 5.97 Å². The van der Waals surface area contributed by atoms with E-state index in [2.05, 4.69) is 6.07 Å².